The maximum absolute atomic E-state index is 13.8. The predicted octanol–water partition coefficient (Wildman–Crippen LogP) is 3.74. The number of methoxy groups -OCH3 is 2. The van der Waals surface area contributed by atoms with Crippen LogP contribution in [0.3, 0.4) is 0 Å². The average molecular weight is 554 g/mol. The van der Waals surface area contributed by atoms with Crippen LogP contribution in [0, 0.1) is 6.92 Å². The van der Waals surface area contributed by atoms with Gasteiger partial charge in [-0.1, -0.05) is 6.07 Å². The number of nitrogens with zero attached hydrogens (tertiary/aromatic N) is 6. The number of benzene rings is 1. The third kappa shape index (κ3) is 5.99. The quantitative estimate of drug-likeness (QED) is 0.292. The van der Waals surface area contributed by atoms with Gasteiger partial charge in [0, 0.05) is 30.4 Å². The lowest BCUT2D eigenvalue weighted by molar-refractivity contribution is 0.00152. The molecule has 206 valence electrons. The van der Waals surface area contributed by atoms with Crippen LogP contribution in [-0.2, 0) is 14.8 Å². The molecule has 0 unspecified atom stereocenters. The lowest BCUT2D eigenvalue weighted by atomic mass is 10.2. The molecule has 0 saturated heterocycles. The fourth-order valence-electron chi connectivity index (χ4n) is 3.90. The SMILES string of the molecule is COc1cccc(OC)c1-n1c(NS(=O)(=O)[C@@H](C)[C@@H](OC(C)C)c2ncc(C)cn2)nnc1-c1cccnc1. The highest BCUT2D eigenvalue weighted by Crippen LogP contribution is 2.38. The third-order valence-corrected chi connectivity index (χ3v) is 7.52. The highest BCUT2D eigenvalue weighted by atomic mass is 32.2. The Hall–Kier alpha value is -4.10. The largest absolute Gasteiger partial charge is 0.494 e. The Morgan fingerprint density at radius 2 is 1.59 bits per heavy atom. The van der Waals surface area contributed by atoms with Gasteiger partial charge in [-0.05, 0) is 57.5 Å². The van der Waals surface area contributed by atoms with E-state index in [1.807, 2.05) is 20.8 Å². The van der Waals surface area contributed by atoms with Gasteiger partial charge in [0.1, 0.15) is 28.5 Å². The monoisotopic (exact) mass is 553 g/mol. The van der Waals surface area contributed by atoms with Crippen molar-refractivity contribution >= 4 is 16.0 Å². The minimum atomic E-state index is -4.13. The van der Waals surface area contributed by atoms with E-state index in [0.29, 0.717) is 28.6 Å². The highest BCUT2D eigenvalue weighted by molar-refractivity contribution is 7.93. The maximum atomic E-state index is 13.8. The molecule has 1 N–H and O–H groups in total. The molecule has 3 heterocycles. The van der Waals surface area contributed by atoms with E-state index < -0.39 is 21.4 Å². The van der Waals surface area contributed by atoms with Gasteiger partial charge in [0.25, 0.3) is 0 Å². The van der Waals surface area contributed by atoms with Gasteiger partial charge >= 0.3 is 0 Å². The average Bonchev–Trinajstić information content (AvgIpc) is 3.33. The topological polar surface area (TPSA) is 143 Å². The third-order valence-electron chi connectivity index (χ3n) is 5.83. The predicted molar refractivity (Wildman–Crippen MR) is 145 cm³/mol. The Kier molecular flexibility index (Phi) is 8.41. The number of para-hydroxylation sites is 1. The van der Waals surface area contributed by atoms with E-state index in [4.69, 9.17) is 14.2 Å². The summed E-state index contributed by atoms with van der Waals surface area (Å²) in [4.78, 5) is 12.8. The number of nitrogens with one attached hydrogen (secondary N) is 1. The second-order valence-corrected chi connectivity index (χ2v) is 11.0. The van der Waals surface area contributed by atoms with Gasteiger partial charge < -0.3 is 14.2 Å². The van der Waals surface area contributed by atoms with Gasteiger partial charge in [-0.2, -0.15) is 0 Å². The van der Waals surface area contributed by atoms with Crippen molar-refractivity contribution in [3.63, 3.8) is 0 Å². The number of pyridine rings is 1. The maximum Gasteiger partial charge on any atom is 0.243 e. The van der Waals surface area contributed by atoms with Crippen LogP contribution in [-0.4, -0.2) is 63.7 Å². The van der Waals surface area contributed by atoms with Crippen molar-refractivity contribution in [1.29, 1.82) is 0 Å². The molecule has 0 saturated carbocycles. The van der Waals surface area contributed by atoms with Crippen molar-refractivity contribution in [1.82, 2.24) is 29.7 Å². The van der Waals surface area contributed by atoms with Crippen molar-refractivity contribution in [2.75, 3.05) is 18.9 Å². The number of aromatic nitrogens is 6. The fourth-order valence-corrected chi connectivity index (χ4v) is 4.99. The van der Waals surface area contributed by atoms with E-state index in [9.17, 15) is 8.42 Å². The highest BCUT2D eigenvalue weighted by Gasteiger charge is 2.36. The Labute approximate surface area is 227 Å². The summed E-state index contributed by atoms with van der Waals surface area (Å²) in [6.07, 6.45) is 5.24. The van der Waals surface area contributed by atoms with Crippen molar-refractivity contribution < 1.29 is 22.6 Å². The second kappa shape index (κ2) is 11.7. The molecule has 0 radical (unpaired) electrons. The number of sulfonamides is 1. The van der Waals surface area contributed by atoms with Crippen LogP contribution in [0.5, 0.6) is 11.5 Å². The van der Waals surface area contributed by atoms with Crippen LogP contribution in [0.4, 0.5) is 5.95 Å². The zero-order chi connectivity index (χ0) is 28.2. The molecule has 4 aromatic rings. The lowest BCUT2D eigenvalue weighted by Gasteiger charge is -2.25. The molecule has 39 heavy (non-hydrogen) atoms. The van der Waals surface area contributed by atoms with E-state index in [1.165, 1.54) is 25.7 Å². The Morgan fingerprint density at radius 1 is 0.923 bits per heavy atom. The molecule has 4 rings (SSSR count). The molecule has 1 aromatic carbocycles. The summed E-state index contributed by atoms with van der Waals surface area (Å²) in [5.74, 6) is 1.35. The minimum absolute atomic E-state index is 0.0726. The molecule has 13 heteroatoms. The van der Waals surface area contributed by atoms with Crippen molar-refractivity contribution in [3.05, 3.63) is 66.5 Å². The smallest absolute Gasteiger partial charge is 0.243 e. The van der Waals surface area contributed by atoms with Crippen LogP contribution >= 0.6 is 0 Å². The van der Waals surface area contributed by atoms with Gasteiger partial charge in [-0.15, -0.1) is 10.2 Å². The first-order valence-corrected chi connectivity index (χ1v) is 13.7. The van der Waals surface area contributed by atoms with E-state index in [0.717, 1.165) is 5.56 Å². The van der Waals surface area contributed by atoms with Gasteiger partial charge in [0.15, 0.2) is 11.6 Å². The van der Waals surface area contributed by atoms with E-state index in [-0.39, 0.29) is 17.9 Å². The molecule has 2 atom stereocenters. The van der Waals surface area contributed by atoms with Crippen molar-refractivity contribution in [2.45, 2.75) is 45.2 Å². The van der Waals surface area contributed by atoms with Gasteiger partial charge in [0.05, 0.1) is 20.3 Å². The van der Waals surface area contributed by atoms with Crippen LogP contribution in [0.2, 0.25) is 0 Å². The number of aryl methyl sites for hydroxylation is 1. The molecule has 12 nitrogen and oxygen atoms in total. The Bertz CT molecular complexity index is 1490. The fraction of sp³-hybridized carbons (Fsp3) is 0.346. The van der Waals surface area contributed by atoms with E-state index in [2.05, 4.69) is 29.9 Å². The molecule has 3 aromatic heterocycles. The number of hydrogen-bond donors (Lipinski definition) is 1. The molecule has 0 aliphatic carbocycles. The summed E-state index contributed by atoms with van der Waals surface area (Å²) in [7, 11) is -1.12. The van der Waals surface area contributed by atoms with Crippen LogP contribution < -0.4 is 14.2 Å². The molecule has 0 fully saturated rings. The number of anilines is 1. The molecule has 0 amide bonds. The first-order chi connectivity index (χ1) is 18.7. The molecular formula is C26H31N7O5S. The summed E-state index contributed by atoms with van der Waals surface area (Å²) in [5, 5.41) is 7.40. The van der Waals surface area contributed by atoms with Crippen molar-refractivity contribution in [2.24, 2.45) is 0 Å². The zero-order valence-corrected chi connectivity index (χ0v) is 23.4. The summed E-state index contributed by atoms with van der Waals surface area (Å²) in [6, 6.07) is 8.75. The van der Waals surface area contributed by atoms with Crippen LogP contribution in [0.15, 0.2) is 55.1 Å². The molecular weight excluding hydrogens is 522 g/mol. The lowest BCUT2D eigenvalue weighted by Crippen LogP contribution is -2.35. The van der Waals surface area contributed by atoms with Gasteiger partial charge in [-0.25, -0.2) is 18.4 Å². The first kappa shape index (κ1) is 27.9. The minimum Gasteiger partial charge on any atom is -0.494 e. The zero-order valence-electron chi connectivity index (χ0n) is 22.6. The number of ether oxygens (including phenoxy) is 3. The number of hydrogen-bond acceptors (Lipinski definition) is 10. The Balaban J connectivity index is 1.83. The summed E-state index contributed by atoms with van der Waals surface area (Å²) in [5.41, 5.74) is 1.86. The van der Waals surface area contributed by atoms with Crippen molar-refractivity contribution in [3.8, 4) is 28.6 Å². The number of rotatable bonds is 11. The summed E-state index contributed by atoms with van der Waals surface area (Å²) >= 11 is 0. The standard InChI is InChI=1S/C26H31N7O5S/c1-16(2)38-23(24-28-13-17(3)14-29-24)18(4)39(34,35)32-26-31-30-25(19-9-8-12-27-15-19)33(26)22-20(36-5)10-7-11-21(22)37-6/h7-16,18,23H,1-6H3,(H,31,32)/t18-,23+/m0/s1. The van der Waals surface area contributed by atoms with Gasteiger partial charge in [0.2, 0.25) is 16.0 Å². The summed E-state index contributed by atoms with van der Waals surface area (Å²) < 4.78 is 48.9. The molecule has 0 spiro atoms. The summed E-state index contributed by atoms with van der Waals surface area (Å²) in [6.45, 7) is 7.02. The van der Waals surface area contributed by atoms with Gasteiger partial charge in [-0.3, -0.25) is 14.3 Å². The molecule has 0 bridgehead atoms. The molecule has 0 aliphatic rings. The van der Waals surface area contributed by atoms with Crippen LogP contribution in [0.1, 0.15) is 38.3 Å². The normalized spacial score (nSPS) is 13.2. The second-order valence-electron chi connectivity index (χ2n) is 9.01. The molecule has 0 aliphatic heterocycles. The van der Waals surface area contributed by atoms with Crippen LogP contribution in [0.25, 0.3) is 17.1 Å². The first-order valence-electron chi connectivity index (χ1n) is 12.2. The van der Waals surface area contributed by atoms with E-state index in [1.54, 1.807) is 55.1 Å². The Morgan fingerprint density at radius 3 is 2.15 bits per heavy atom. The van der Waals surface area contributed by atoms with E-state index >= 15 is 0 Å².